The third-order valence-corrected chi connectivity index (χ3v) is 3.68. The molecule has 138 valence electrons. The maximum absolute atomic E-state index is 12.0. The number of ether oxygens (including phenoxy) is 2. The van der Waals surface area contributed by atoms with E-state index >= 15 is 0 Å². The molecule has 0 aliphatic carbocycles. The standard InChI is InChI=1S/C20H24N2O4/c1-3-26-18-10-6-16(7-11-18)20(24)22-13-12-21-19(23)14-15-4-8-17(25-2)9-5-15/h4-11H,3,12-14H2,1-2H3,(H,21,23)(H,22,24). The summed E-state index contributed by atoms with van der Waals surface area (Å²) in [6.07, 6.45) is 0.289. The van der Waals surface area contributed by atoms with Gasteiger partial charge in [0.15, 0.2) is 0 Å². The van der Waals surface area contributed by atoms with Crippen LogP contribution in [0.25, 0.3) is 0 Å². The van der Waals surface area contributed by atoms with Crippen LogP contribution in [0.5, 0.6) is 11.5 Å². The van der Waals surface area contributed by atoms with Crippen molar-refractivity contribution in [1.29, 1.82) is 0 Å². The Balaban J connectivity index is 1.68. The fraction of sp³-hybridized carbons (Fsp3) is 0.300. The topological polar surface area (TPSA) is 76.7 Å². The van der Waals surface area contributed by atoms with Crippen molar-refractivity contribution in [1.82, 2.24) is 10.6 Å². The zero-order valence-corrected chi connectivity index (χ0v) is 15.1. The fourth-order valence-corrected chi connectivity index (χ4v) is 2.34. The van der Waals surface area contributed by atoms with Gasteiger partial charge in [0.2, 0.25) is 5.91 Å². The summed E-state index contributed by atoms with van der Waals surface area (Å²) in [5.74, 6) is 1.21. The molecular formula is C20H24N2O4. The molecule has 0 saturated heterocycles. The maximum atomic E-state index is 12.0. The van der Waals surface area contributed by atoms with E-state index in [2.05, 4.69) is 10.6 Å². The van der Waals surface area contributed by atoms with Crippen LogP contribution in [0.2, 0.25) is 0 Å². The highest BCUT2D eigenvalue weighted by Gasteiger charge is 2.06. The van der Waals surface area contributed by atoms with Gasteiger partial charge in [-0.05, 0) is 48.9 Å². The van der Waals surface area contributed by atoms with E-state index in [0.717, 1.165) is 17.1 Å². The van der Waals surface area contributed by atoms with Gasteiger partial charge >= 0.3 is 0 Å². The van der Waals surface area contributed by atoms with Gasteiger partial charge < -0.3 is 20.1 Å². The highest BCUT2D eigenvalue weighted by atomic mass is 16.5. The van der Waals surface area contributed by atoms with Crippen molar-refractivity contribution in [2.24, 2.45) is 0 Å². The zero-order chi connectivity index (χ0) is 18.8. The molecule has 0 atom stereocenters. The molecule has 6 nitrogen and oxygen atoms in total. The number of rotatable bonds is 9. The van der Waals surface area contributed by atoms with E-state index in [-0.39, 0.29) is 18.2 Å². The molecule has 0 unspecified atom stereocenters. The first-order valence-corrected chi connectivity index (χ1v) is 8.53. The summed E-state index contributed by atoms with van der Waals surface area (Å²) in [5.41, 5.74) is 1.46. The van der Waals surface area contributed by atoms with Gasteiger partial charge in [-0.1, -0.05) is 12.1 Å². The van der Waals surface area contributed by atoms with E-state index in [9.17, 15) is 9.59 Å². The van der Waals surface area contributed by atoms with Crippen LogP contribution in [0.4, 0.5) is 0 Å². The highest BCUT2D eigenvalue weighted by molar-refractivity contribution is 5.94. The minimum Gasteiger partial charge on any atom is -0.497 e. The largest absolute Gasteiger partial charge is 0.497 e. The molecule has 0 fully saturated rings. The molecule has 2 aromatic carbocycles. The van der Waals surface area contributed by atoms with E-state index < -0.39 is 0 Å². The van der Waals surface area contributed by atoms with E-state index in [1.54, 1.807) is 31.4 Å². The van der Waals surface area contributed by atoms with E-state index in [1.165, 1.54) is 0 Å². The molecule has 2 rings (SSSR count). The van der Waals surface area contributed by atoms with Crippen LogP contribution in [-0.2, 0) is 11.2 Å². The quantitative estimate of drug-likeness (QED) is 0.675. The molecule has 2 amide bonds. The zero-order valence-electron chi connectivity index (χ0n) is 15.1. The first-order valence-electron chi connectivity index (χ1n) is 8.53. The van der Waals surface area contributed by atoms with Crippen LogP contribution in [-0.4, -0.2) is 38.6 Å². The maximum Gasteiger partial charge on any atom is 0.251 e. The van der Waals surface area contributed by atoms with Gasteiger partial charge in [0.05, 0.1) is 20.1 Å². The van der Waals surface area contributed by atoms with Crippen molar-refractivity contribution in [3.63, 3.8) is 0 Å². The summed E-state index contributed by atoms with van der Waals surface area (Å²) in [4.78, 5) is 23.9. The first kappa shape index (κ1) is 19.3. The van der Waals surface area contributed by atoms with Gasteiger partial charge in [-0.25, -0.2) is 0 Å². The monoisotopic (exact) mass is 356 g/mol. The smallest absolute Gasteiger partial charge is 0.251 e. The number of hydrogen-bond acceptors (Lipinski definition) is 4. The van der Waals surface area contributed by atoms with Crippen LogP contribution in [0.15, 0.2) is 48.5 Å². The number of hydrogen-bond donors (Lipinski definition) is 2. The second kappa shape index (κ2) is 10.1. The van der Waals surface area contributed by atoms with Gasteiger partial charge in [0, 0.05) is 18.7 Å². The van der Waals surface area contributed by atoms with Crippen molar-refractivity contribution in [2.45, 2.75) is 13.3 Å². The third kappa shape index (κ3) is 6.12. The van der Waals surface area contributed by atoms with Gasteiger partial charge in [0.25, 0.3) is 5.91 Å². The molecule has 0 radical (unpaired) electrons. The van der Waals surface area contributed by atoms with Crippen molar-refractivity contribution >= 4 is 11.8 Å². The molecule has 26 heavy (non-hydrogen) atoms. The molecule has 0 aliphatic heterocycles. The minimum atomic E-state index is -0.183. The predicted molar refractivity (Wildman–Crippen MR) is 99.7 cm³/mol. The van der Waals surface area contributed by atoms with E-state index in [0.29, 0.717) is 25.3 Å². The van der Waals surface area contributed by atoms with E-state index in [1.807, 2.05) is 31.2 Å². The third-order valence-electron chi connectivity index (χ3n) is 3.68. The van der Waals surface area contributed by atoms with Crippen molar-refractivity contribution in [2.75, 3.05) is 26.8 Å². The van der Waals surface area contributed by atoms with Crippen molar-refractivity contribution in [3.05, 3.63) is 59.7 Å². The molecular weight excluding hydrogens is 332 g/mol. The summed E-state index contributed by atoms with van der Waals surface area (Å²) in [5, 5.41) is 5.56. The molecule has 0 aromatic heterocycles. The lowest BCUT2D eigenvalue weighted by Crippen LogP contribution is -2.35. The highest BCUT2D eigenvalue weighted by Crippen LogP contribution is 2.12. The molecule has 2 aromatic rings. The lowest BCUT2D eigenvalue weighted by atomic mass is 10.1. The lowest BCUT2D eigenvalue weighted by molar-refractivity contribution is -0.120. The predicted octanol–water partition coefficient (Wildman–Crippen LogP) is 2.18. The molecule has 0 bridgehead atoms. The number of amides is 2. The summed E-state index contributed by atoms with van der Waals surface area (Å²) in [6.45, 7) is 3.23. The van der Waals surface area contributed by atoms with Crippen LogP contribution in [0.1, 0.15) is 22.8 Å². The Hall–Kier alpha value is -3.02. The SMILES string of the molecule is CCOc1ccc(C(=O)NCCNC(=O)Cc2ccc(OC)cc2)cc1. The second-order valence-corrected chi connectivity index (χ2v) is 5.59. The molecule has 6 heteroatoms. The van der Waals surface area contributed by atoms with Crippen LogP contribution >= 0.6 is 0 Å². The molecule has 0 aliphatic rings. The number of carbonyl (C=O) groups excluding carboxylic acids is 2. The van der Waals surface area contributed by atoms with E-state index in [4.69, 9.17) is 9.47 Å². The summed E-state index contributed by atoms with van der Waals surface area (Å²) < 4.78 is 10.4. The van der Waals surface area contributed by atoms with Crippen LogP contribution in [0, 0.1) is 0 Å². The number of methoxy groups -OCH3 is 1. The molecule has 2 N–H and O–H groups in total. The lowest BCUT2D eigenvalue weighted by Gasteiger charge is -2.08. The van der Waals surface area contributed by atoms with Gasteiger partial charge in [-0.15, -0.1) is 0 Å². The normalized spacial score (nSPS) is 10.1. The average Bonchev–Trinajstić information content (AvgIpc) is 2.66. The minimum absolute atomic E-state index is 0.0921. The molecule has 0 saturated carbocycles. The average molecular weight is 356 g/mol. The van der Waals surface area contributed by atoms with Gasteiger partial charge in [-0.2, -0.15) is 0 Å². The number of nitrogens with one attached hydrogen (secondary N) is 2. The summed E-state index contributed by atoms with van der Waals surface area (Å²) in [7, 11) is 1.60. The second-order valence-electron chi connectivity index (χ2n) is 5.59. The Morgan fingerprint density at radius 2 is 1.50 bits per heavy atom. The van der Waals surface area contributed by atoms with Crippen molar-refractivity contribution < 1.29 is 19.1 Å². The summed E-state index contributed by atoms with van der Waals surface area (Å²) >= 11 is 0. The molecule has 0 heterocycles. The van der Waals surface area contributed by atoms with Crippen LogP contribution < -0.4 is 20.1 Å². The Morgan fingerprint density at radius 1 is 0.885 bits per heavy atom. The fourth-order valence-electron chi connectivity index (χ4n) is 2.34. The summed E-state index contributed by atoms with van der Waals surface area (Å²) in [6, 6.07) is 14.3. The van der Waals surface area contributed by atoms with Crippen molar-refractivity contribution in [3.8, 4) is 11.5 Å². The van der Waals surface area contributed by atoms with Crippen LogP contribution in [0.3, 0.4) is 0 Å². The number of benzene rings is 2. The Labute approximate surface area is 153 Å². The van der Waals surface area contributed by atoms with Gasteiger partial charge in [-0.3, -0.25) is 9.59 Å². The Morgan fingerprint density at radius 3 is 2.12 bits per heavy atom. The number of carbonyl (C=O) groups is 2. The Bertz CT molecular complexity index is 712. The first-order chi connectivity index (χ1) is 12.6. The Kier molecular flexibility index (Phi) is 7.49. The molecule has 0 spiro atoms. The van der Waals surface area contributed by atoms with Gasteiger partial charge in [0.1, 0.15) is 11.5 Å².